The molecule has 0 spiro atoms. The number of carbonyl (C=O) groups is 1. The summed E-state index contributed by atoms with van der Waals surface area (Å²) in [6, 6.07) is 10.2. The molecule has 0 aliphatic carbocycles. The zero-order valence-electron chi connectivity index (χ0n) is 17.4. The molecular weight excluding hydrogens is 388 g/mol. The molecule has 2 aromatic heterocycles. The molecule has 0 N–H and O–H groups in total. The number of furan rings is 1. The molecular formula is C21H26N4O3S. The van der Waals surface area contributed by atoms with Gasteiger partial charge in [0, 0.05) is 37.0 Å². The van der Waals surface area contributed by atoms with Gasteiger partial charge in [0.25, 0.3) is 0 Å². The van der Waals surface area contributed by atoms with Crippen molar-refractivity contribution in [2.24, 2.45) is 7.05 Å². The largest absolute Gasteiger partial charge is 0.463 e. The number of ether oxygens (including phenoxy) is 1. The molecule has 3 aromatic rings. The number of aryl methyl sites for hydroxylation is 1. The van der Waals surface area contributed by atoms with E-state index in [-0.39, 0.29) is 5.76 Å². The van der Waals surface area contributed by atoms with Crippen molar-refractivity contribution < 1.29 is 13.9 Å². The first kappa shape index (κ1) is 21.0. The number of rotatable bonds is 8. The first-order chi connectivity index (χ1) is 14.0. The van der Waals surface area contributed by atoms with Gasteiger partial charge < -0.3 is 18.6 Å². The van der Waals surface area contributed by atoms with Crippen LogP contribution in [0.1, 0.15) is 35.7 Å². The molecule has 29 heavy (non-hydrogen) atoms. The van der Waals surface area contributed by atoms with Gasteiger partial charge in [-0.3, -0.25) is 0 Å². The van der Waals surface area contributed by atoms with Crippen LogP contribution in [0.5, 0.6) is 0 Å². The predicted molar refractivity (Wildman–Crippen MR) is 114 cm³/mol. The Morgan fingerprint density at radius 2 is 1.90 bits per heavy atom. The predicted octanol–water partition coefficient (Wildman–Crippen LogP) is 4.31. The quantitative estimate of drug-likeness (QED) is 0.402. The van der Waals surface area contributed by atoms with Crippen LogP contribution in [0.4, 0.5) is 5.69 Å². The highest BCUT2D eigenvalue weighted by molar-refractivity contribution is 7.98. The molecule has 8 heteroatoms. The highest BCUT2D eigenvalue weighted by Crippen LogP contribution is 2.28. The van der Waals surface area contributed by atoms with Crippen molar-refractivity contribution in [1.82, 2.24) is 14.8 Å². The van der Waals surface area contributed by atoms with Crippen LogP contribution < -0.4 is 4.90 Å². The topological polar surface area (TPSA) is 73.4 Å². The molecule has 0 aliphatic heterocycles. The number of aromatic nitrogens is 3. The lowest BCUT2D eigenvalue weighted by molar-refractivity contribution is 0.0562. The fraction of sp³-hybridized carbons (Fsp3) is 0.381. The number of methoxy groups -OCH3 is 1. The molecule has 7 nitrogen and oxygen atoms in total. The van der Waals surface area contributed by atoms with Crippen molar-refractivity contribution in [3.05, 3.63) is 47.4 Å². The average molecular weight is 415 g/mol. The van der Waals surface area contributed by atoms with Gasteiger partial charge >= 0.3 is 5.97 Å². The lowest BCUT2D eigenvalue weighted by Gasteiger charge is -2.21. The van der Waals surface area contributed by atoms with E-state index in [2.05, 4.69) is 53.2 Å². The number of nitrogens with zero attached hydrogens (tertiary/aromatic N) is 4. The van der Waals surface area contributed by atoms with Crippen LogP contribution in [0.25, 0.3) is 11.4 Å². The van der Waals surface area contributed by atoms with Crippen molar-refractivity contribution in [3.8, 4) is 11.4 Å². The van der Waals surface area contributed by atoms with Gasteiger partial charge in [-0.25, -0.2) is 4.79 Å². The third kappa shape index (κ3) is 4.48. The Morgan fingerprint density at radius 3 is 2.52 bits per heavy atom. The molecule has 154 valence electrons. The Morgan fingerprint density at radius 1 is 1.21 bits per heavy atom. The number of benzene rings is 1. The number of anilines is 1. The lowest BCUT2D eigenvalue weighted by Crippen LogP contribution is -2.21. The van der Waals surface area contributed by atoms with Gasteiger partial charge in [-0.15, -0.1) is 10.2 Å². The second-order valence-corrected chi connectivity index (χ2v) is 7.53. The summed E-state index contributed by atoms with van der Waals surface area (Å²) < 4.78 is 12.3. The van der Waals surface area contributed by atoms with Crippen LogP contribution >= 0.6 is 11.8 Å². The fourth-order valence-electron chi connectivity index (χ4n) is 3.15. The molecule has 0 bridgehead atoms. The smallest absolute Gasteiger partial charge is 0.374 e. The maximum Gasteiger partial charge on any atom is 0.374 e. The molecule has 0 atom stereocenters. The Balaban J connectivity index is 1.72. The molecule has 0 saturated carbocycles. The molecule has 0 amide bonds. The maximum atomic E-state index is 11.7. The SMILES string of the molecule is CCN(CC)c1ccc(-c2nnc(SCc3cc(C)c(C(=O)OC)o3)n2C)cc1. The van der Waals surface area contributed by atoms with Gasteiger partial charge in [-0.05, 0) is 51.1 Å². The van der Waals surface area contributed by atoms with Crippen molar-refractivity contribution in [1.29, 1.82) is 0 Å². The summed E-state index contributed by atoms with van der Waals surface area (Å²) in [6.07, 6.45) is 0. The van der Waals surface area contributed by atoms with E-state index in [1.54, 1.807) is 0 Å². The van der Waals surface area contributed by atoms with E-state index >= 15 is 0 Å². The highest BCUT2D eigenvalue weighted by Gasteiger charge is 2.17. The van der Waals surface area contributed by atoms with Crippen LogP contribution in [0, 0.1) is 6.92 Å². The first-order valence-corrected chi connectivity index (χ1v) is 10.5. The molecule has 0 saturated heterocycles. The first-order valence-electron chi connectivity index (χ1n) is 9.53. The number of carbonyl (C=O) groups excluding carboxylic acids is 1. The summed E-state index contributed by atoms with van der Waals surface area (Å²) in [5, 5.41) is 9.44. The minimum atomic E-state index is -0.465. The fourth-order valence-corrected chi connectivity index (χ4v) is 3.94. The second kappa shape index (κ2) is 9.17. The summed E-state index contributed by atoms with van der Waals surface area (Å²) in [5.74, 6) is 1.83. The number of thioether (sulfide) groups is 1. The molecule has 0 aliphatic rings. The number of hydrogen-bond acceptors (Lipinski definition) is 7. The van der Waals surface area contributed by atoms with Crippen molar-refractivity contribution in [2.45, 2.75) is 31.7 Å². The molecule has 0 fully saturated rings. The molecule has 2 heterocycles. The monoisotopic (exact) mass is 414 g/mol. The van der Waals surface area contributed by atoms with Gasteiger partial charge in [0.05, 0.1) is 12.9 Å². The van der Waals surface area contributed by atoms with Crippen LogP contribution in [0.15, 0.2) is 39.9 Å². The van der Waals surface area contributed by atoms with Crippen molar-refractivity contribution in [2.75, 3.05) is 25.1 Å². The van der Waals surface area contributed by atoms with Crippen LogP contribution in [0.3, 0.4) is 0 Å². The molecule has 0 unspecified atom stereocenters. The minimum Gasteiger partial charge on any atom is -0.463 e. The van der Waals surface area contributed by atoms with E-state index in [0.29, 0.717) is 11.5 Å². The summed E-state index contributed by atoms with van der Waals surface area (Å²) in [6.45, 7) is 8.08. The summed E-state index contributed by atoms with van der Waals surface area (Å²) in [7, 11) is 3.29. The maximum absolute atomic E-state index is 11.7. The van der Waals surface area contributed by atoms with E-state index in [1.165, 1.54) is 24.6 Å². The van der Waals surface area contributed by atoms with E-state index in [9.17, 15) is 4.79 Å². The van der Waals surface area contributed by atoms with Gasteiger partial charge in [-0.2, -0.15) is 0 Å². The normalized spacial score (nSPS) is 10.9. The third-order valence-corrected chi connectivity index (χ3v) is 5.81. The summed E-state index contributed by atoms with van der Waals surface area (Å²) >= 11 is 1.51. The van der Waals surface area contributed by atoms with Crippen LogP contribution in [-0.2, 0) is 17.5 Å². The van der Waals surface area contributed by atoms with Gasteiger partial charge in [0.1, 0.15) is 5.76 Å². The van der Waals surface area contributed by atoms with E-state index in [1.807, 2.05) is 24.6 Å². The molecule has 3 rings (SSSR count). The zero-order chi connectivity index (χ0) is 21.0. The van der Waals surface area contributed by atoms with Crippen molar-refractivity contribution in [3.63, 3.8) is 0 Å². The minimum absolute atomic E-state index is 0.245. The van der Waals surface area contributed by atoms with E-state index in [0.717, 1.165) is 35.2 Å². The van der Waals surface area contributed by atoms with E-state index < -0.39 is 5.97 Å². The van der Waals surface area contributed by atoms with Crippen LogP contribution in [-0.4, -0.2) is 40.9 Å². The average Bonchev–Trinajstić information content (AvgIpc) is 3.29. The zero-order valence-corrected chi connectivity index (χ0v) is 18.2. The Labute approximate surface area is 175 Å². The molecule has 1 aromatic carbocycles. The number of esters is 1. The highest BCUT2D eigenvalue weighted by atomic mass is 32.2. The van der Waals surface area contributed by atoms with Crippen LogP contribution in [0.2, 0.25) is 0 Å². The van der Waals surface area contributed by atoms with E-state index in [4.69, 9.17) is 9.15 Å². The van der Waals surface area contributed by atoms with Gasteiger partial charge in [0.2, 0.25) is 5.76 Å². The standard InChI is InChI=1S/C21H26N4O3S/c1-6-25(7-2)16-10-8-15(9-11-16)19-22-23-21(24(19)4)29-13-17-12-14(3)18(28-17)20(26)27-5/h8-12H,6-7,13H2,1-5H3. The Bertz CT molecular complexity index is 974. The number of hydrogen-bond donors (Lipinski definition) is 0. The second-order valence-electron chi connectivity index (χ2n) is 6.59. The Hall–Kier alpha value is -2.74. The lowest BCUT2D eigenvalue weighted by atomic mass is 10.2. The van der Waals surface area contributed by atoms with Gasteiger partial charge in [-0.1, -0.05) is 11.8 Å². The summed E-state index contributed by atoms with van der Waals surface area (Å²) in [5.41, 5.74) is 2.98. The molecule has 0 radical (unpaired) electrons. The third-order valence-electron chi connectivity index (χ3n) is 4.77. The van der Waals surface area contributed by atoms with Crippen molar-refractivity contribution >= 4 is 23.4 Å². The van der Waals surface area contributed by atoms with Gasteiger partial charge in [0.15, 0.2) is 11.0 Å². The Kier molecular flexibility index (Phi) is 6.64. The summed E-state index contributed by atoms with van der Waals surface area (Å²) in [4.78, 5) is 14.0.